The van der Waals surface area contributed by atoms with Crippen LogP contribution in [-0.4, -0.2) is 43.1 Å². The highest BCUT2D eigenvalue weighted by molar-refractivity contribution is 6.32. The summed E-state index contributed by atoms with van der Waals surface area (Å²) in [6.07, 6.45) is 0. The van der Waals surface area contributed by atoms with Gasteiger partial charge in [0.25, 0.3) is 0 Å². The van der Waals surface area contributed by atoms with Crippen molar-refractivity contribution >= 4 is 22.6 Å². The number of nitrogens with zero attached hydrogens (tertiary/aromatic N) is 2. The molecule has 0 radical (unpaired) electrons. The Kier molecular flexibility index (Phi) is 5.85. The summed E-state index contributed by atoms with van der Waals surface area (Å²) in [5, 5.41) is 0.570. The molecule has 1 aromatic carbocycles. The van der Waals surface area contributed by atoms with Gasteiger partial charge in [0.15, 0.2) is 0 Å². The molecule has 116 valence electrons. The molecule has 0 fully saturated rings. The van der Waals surface area contributed by atoms with Gasteiger partial charge in [-0.1, -0.05) is 11.6 Å². The topological polar surface area (TPSA) is 45.5 Å². The maximum Gasteiger partial charge on any atom is 0.140 e. The molecule has 0 spiro atoms. The number of hydrogen-bond acceptors (Lipinski definition) is 4. The summed E-state index contributed by atoms with van der Waals surface area (Å²) in [5.74, 6) is 1.64. The van der Waals surface area contributed by atoms with Crippen molar-refractivity contribution in [3.63, 3.8) is 0 Å². The molecule has 0 amide bonds. The molecule has 0 unspecified atom stereocenters. The van der Waals surface area contributed by atoms with Crippen LogP contribution in [0.5, 0.6) is 5.75 Å². The largest absolute Gasteiger partial charge is 0.490 e. The monoisotopic (exact) mass is 312 g/mol. The zero-order chi connectivity index (χ0) is 15.2. The van der Waals surface area contributed by atoms with Crippen molar-refractivity contribution < 1.29 is 14.2 Å². The molecule has 0 bridgehead atoms. The van der Waals surface area contributed by atoms with Crippen LogP contribution < -0.4 is 4.74 Å². The number of ether oxygens (including phenoxy) is 3. The van der Waals surface area contributed by atoms with Crippen molar-refractivity contribution in [2.75, 3.05) is 33.5 Å². The number of halogens is 1. The Labute approximate surface area is 129 Å². The van der Waals surface area contributed by atoms with E-state index in [0.717, 1.165) is 23.4 Å². The first-order chi connectivity index (χ1) is 10.2. The second kappa shape index (κ2) is 7.64. The summed E-state index contributed by atoms with van der Waals surface area (Å²) < 4.78 is 18.1. The van der Waals surface area contributed by atoms with Gasteiger partial charge in [-0.3, -0.25) is 0 Å². The number of aromatic nitrogens is 2. The van der Waals surface area contributed by atoms with E-state index in [9.17, 15) is 0 Å². The predicted octanol–water partition coefficient (Wildman–Crippen LogP) is 3.06. The van der Waals surface area contributed by atoms with E-state index in [1.54, 1.807) is 7.11 Å². The van der Waals surface area contributed by atoms with E-state index in [-0.39, 0.29) is 0 Å². The summed E-state index contributed by atoms with van der Waals surface area (Å²) in [6, 6.07) is 3.79. The average Bonchev–Trinajstić information content (AvgIpc) is 2.76. The fourth-order valence-electron chi connectivity index (χ4n) is 2.21. The first-order valence-corrected chi connectivity index (χ1v) is 7.41. The number of fused-ring (bicyclic) bond motifs is 1. The minimum atomic E-state index is 0.453. The molecule has 0 N–H and O–H groups in total. The zero-order valence-corrected chi connectivity index (χ0v) is 13.4. The second-order valence-corrected chi connectivity index (χ2v) is 5.04. The summed E-state index contributed by atoms with van der Waals surface area (Å²) in [4.78, 5) is 4.50. The van der Waals surface area contributed by atoms with Crippen LogP contribution in [0.15, 0.2) is 12.1 Å². The lowest BCUT2D eigenvalue weighted by Crippen LogP contribution is -2.10. The van der Waals surface area contributed by atoms with Gasteiger partial charge in [0, 0.05) is 19.7 Å². The van der Waals surface area contributed by atoms with Crippen LogP contribution in [0, 0.1) is 6.92 Å². The second-order valence-electron chi connectivity index (χ2n) is 4.63. The molecule has 0 atom stereocenters. The minimum Gasteiger partial charge on any atom is -0.490 e. The van der Waals surface area contributed by atoms with Gasteiger partial charge in [0.1, 0.15) is 18.2 Å². The van der Waals surface area contributed by atoms with Gasteiger partial charge in [-0.25, -0.2) is 4.98 Å². The molecule has 0 aliphatic rings. The van der Waals surface area contributed by atoms with E-state index >= 15 is 0 Å². The quantitative estimate of drug-likeness (QED) is 0.703. The predicted molar refractivity (Wildman–Crippen MR) is 83.3 cm³/mol. The molecule has 0 aliphatic heterocycles. The van der Waals surface area contributed by atoms with Gasteiger partial charge >= 0.3 is 0 Å². The third-order valence-electron chi connectivity index (χ3n) is 3.23. The smallest absolute Gasteiger partial charge is 0.140 e. The average molecular weight is 313 g/mol. The van der Waals surface area contributed by atoms with Crippen LogP contribution in [0.25, 0.3) is 11.0 Å². The molecule has 5 nitrogen and oxygen atoms in total. The van der Waals surface area contributed by atoms with Crippen molar-refractivity contribution in [3.8, 4) is 5.75 Å². The van der Waals surface area contributed by atoms with Crippen molar-refractivity contribution in [1.82, 2.24) is 9.55 Å². The maximum absolute atomic E-state index is 6.24. The Morgan fingerprint density at radius 1 is 1.19 bits per heavy atom. The molecule has 21 heavy (non-hydrogen) atoms. The summed E-state index contributed by atoms with van der Waals surface area (Å²) >= 11 is 6.24. The van der Waals surface area contributed by atoms with Crippen LogP contribution in [0.4, 0.5) is 0 Å². The van der Waals surface area contributed by atoms with Gasteiger partial charge in [-0.2, -0.15) is 0 Å². The zero-order valence-electron chi connectivity index (χ0n) is 12.7. The number of methoxy groups -OCH3 is 1. The van der Waals surface area contributed by atoms with Gasteiger partial charge in [0.05, 0.1) is 35.9 Å². The number of aryl methyl sites for hydroxylation is 2. The van der Waals surface area contributed by atoms with Crippen molar-refractivity contribution in [3.05, 3.63) is 23.0 Å². The Hall–Kier alpha value is -1.30. The Morgan fingerprint density at radius 2 is 1.95 bits per heavy atom. The SMILES string of the molecule is CCn1c(C)nc2cc(Cl)c(OCCOCCOC)cc21. The molecular weight excluding hydrogens is 292 g/mol. The first-order valence-electron chi connectivity index (χ1n) is 7.03. The Bertz CT molecular complexity index is 598. The van der Waals surface area contributed by atoms with Crippen LogP contribution in [0.1, 0.15) is 12.7 Å². The van der Waals surface area contributed by atoms with Gasteiger partial charge in [-0.05, 0) is 19.9 Å². The highest BCUT2D eigenvalue weighted by Crippen LogP contribution is 2.30. The van der Waals surface area contributed by atoms with Crippen LogP contribution in [0.3, 0.4) is 0 Å². The Morgan fingerprint density at radius 3 is 2.67 bits per heavy atom. The van der Waals surface area contributed by atoms with E-state index in [0.29, 0.717) is 37.2 Å². The molecule has 0 saturated heterocycles. The fraction of sp³-hybridized carbons (Fsp3) is 0.533. The highest BCUT2D eigenvalue weighted by Gasteiger charge is 2.11. The summed E-state index contributed by atoms with van der Waals surface area (Å²) in [5.41, 5.74) is 1.93. The molecule has 6 heteroatoms. The van der Waals surface area contributed by atoms with Crippen LogP contribution in [-0.2, 0) is 16.0 Å². The lowest BCUT2D eigenvalue weighted by atomic mass is 10.3. The fourth-order valence-corrected chi connectivity index (χ4v) is 2.42. The van der Waals surface area contributed by atoms with Crippen LogP contribution in [0.2, 0.25) is 5.02 Å². The number of benzene rings is 1. The third-order valence-corrected chi connectivity index (χ3v) is 3.52. The van der Waals surface area contributed by atoms with E-state index in [1.165, 1.54) is 0 Å². The maximum atomic E-state index is 6.24. The molecule has 1 aromatic heterocycles. The molecule has 2 rings (SSSR count). The van der Waals surface area contributed by atoms with Crippen LogP contribution >= 0.6 is 11.6 Å². The van der Waals surface area contributed by atoms with Gasteiger partial charge < -0.3 is 18.8 Å². The standard InChI is InChI=1S/C15H21ClN2O3/c1-4-18-11(2)17-13-9-12(16)15(10-14(13)18)21-8-7-20-6-5-19-3/h9-10H,4-8H2,1-3H3. The highest BCUT2D eigenvalue weighted by atomic mass is 35.5. The lowest BCUT2D eigenvalue weighted by Gasteiger charge is -2.09. The first kappa shape index (κ1) is 16.1. The van der Waals surface area contributed by atoms with Gasteiger partial charge in [0.2, 0.25) is 0 Å². The normalized spacial score (nSPS) is 11.2. The summed E-state index contributed by atoms with van der Waals surface area (Å²) in [7, 11) is 1.65. The molecule has 1 heterocycles. The van der Waals surface area contributed by atoms with Crippen molar-refractivity contribution in [2.45, 2.75) is 20.4 Å². The lowest BCUT2D eigenvalue weighted by molar-refractivity contribution is 0.0544. The van der Waals surface area contributed by atoms with E-state index in [1.807, 2.05) is 19.1 Å². The molecule has 0 aliphatic carbocycles. The van der Waals surface area contributed by atoms with E-state index < -0.39 is 0 Å². The molecule has 0 saturated carbocycles. The van der Waals surface area contributed by atoms with Gasteiger partial charge in [-0.15, -0.1) is 0 Å². The molecule has 2 aromatic rings. The number of rotatable bonds is 8. The van der Waals surface area contributed by atoms with Crippen molar-refractivity contribution in [1.29, 1.82) is 0 Å². The minimum absolute atomic E-state index is 0.453. The number of hydrogen-bond donors (Lipinski definition) is 0. The molecular formula is C15H21ClN2O3. The van der Waals surface area contributed by atoms with E-state index in [4.69, 9.17) is 25.8 Å². The number of imidazole rings is 1. The third kappa shape index (κ3) is 3.87. The summed E-state index contributed by atoms with van der Waals surface area (Å²) in [6.45, 7) is 7.05. The van der Waals surface area contributed by atoms with Crippen molar-refractivity contribution in [2.24, 2.45) is 0 Å². The van der Waals surface area contributed by atoms with E-state index in [2.05, 4.69) is 16.5 Å². The Balaban J connectivity index is 2.04.